The van der Waals surface area contributed by atoms with Crippen LogP contribution < -0.4 is 0 Å². The first-order valence-corrected chi connectivity index (χ1v) is 10.8. The number of benzene rings is 2. The van der Waals surface area contributed by atoms with Crippen molar-refractivity contribution in [3.63, 3.8) is 0 Å². The summed E-state index contributed by atoms with van der Waals surface area (Å²) >= 11 is 0. The van der Waals surface area contributed by atoms with Crippen LogP contribution in [-0.4, -0.2) is 27.0 Å². The molecule has 152 valence electrons. The highest BCUT2D eigenvalue weighted by molar-refractivity contribution is 8.02. The largest absolute Gasteiger partial charge is 0.514 e. The van der Waals surface area contributed by atoms with Crippen LogP contribution in [-0.2, 0) is 24.1 Å². The highest BCUT2D eigenvalue weighted by Gasteiger charge is 2.50. The smallest absolute Gasteiger partial charge is 0.434 e. The summed E-state index contributed by atoms with van der Waals surface area (Å²) in [7, 11) is -4.11. The summed E-state index contributed by atoms with van der Waals surface area (Å²) in [6.45, 7) is 4.07. The first-order chi connectivity index (χ1) is 13.8. The SMILES string of the molecule is CC(C)CCOC(=O)OC1=C(c2ccccc2)S(=O)(=O)C(c2ccccc2)C1=O. The molecule has 0 fully saturated rings. The van der Waals surface area contributed by atoms with Gasteiger partial charge in [-0.05, 0) is 23.5 Å². The second-order valence-corrected chi connectivity index (χ2v) is 9.08. The molecular weight excluding hydrogens is 392 g/mol. The van der Waals surface area contributed by atoms with Crippen LogP contribution in [0.2, 0.25) is 0 Å². The Labute approximate surface area is 170 Å². The third-order valence-corrected chi connectivity index (χ3v) is 6.60. The summed E-state index contributed by atoms with van der Waals surface area (Å²) in [4.78, 5) is 24.9. The van der Waals surface area contributed by atoms with Crippen molar-refractivity contribution in [1.29, 1.82) is 0 Å². The Morgan fingerprint density at radius 2 is 1.59 bits per heavy atom. The van der Waals surface area contributed by atoms with Gasteiger partial charge >= 0.3 is 6.16 Å². The fourth-order valence-electron chi connectivity index (χ4n) is 3.05. The first kappa shape index (κ1) is 20.8. The molecule has 0 aromatic heterocycles. The van der Waals surface area contributed by atoms with Crippen LogP contribution in [0.4, 0.5) is 4.79 Å². The van der Waals surface area contributed by atoms with E-state index in [0.29, 0.717) is 17.9 Å². The Morgan fingerprint density at radius 3 is 2.17 bits per heavy atom. The molecule has 6 nitrogen and oxygen atoms in total. The van der Waals surface area contributed by atoms with Gasteiger partial charge in [0.15, 0.2) is 20.8 Å². The molecular formula is C22H22O6S. The van der Waals surface area contributed by atoms with Crippen LogP contribution >= 0.6 is 0 Å². The van der Waals surface area contributed by atoms with Gasteiger partial charge in [-0.1, -0.05) is 74.5 Å². The van der Waals surface area contributed by atoms with Crippen molar-refractivity contribution in [3.05, 3.63) is 77.5 Å². The van der Waals surface area contributed by atoms with Crippen LogP contribution in [0.1, 0.15) is 36.6 Å². The van der Waals surface area contributed by atoms with E-state index >= 15 is 0 Å². The summed E-state index contributed by atoms with van der Waals surface area (Å²) in [6, 6.07) is 16.3. The van der Waals surface area contributed by atoms with Gasteiger partial charge in [0, 0.05) is 0 Å². The molecule has 7 heteroatoms. The number of rotatable bonds is 6. The molecule has 2 aromatic carbocycles. The third kappa shape index (κ3) is 4.40. The molecule has 0 spiro atoms. The molecule has 0 radical (unpaired) electrons. The lowest BCUT2D eigenvalue weighted by Crippen LogP contribution is -2.18. The summed E-state index contributed by atoms with van der Waals surface area (Å²) in [5.74, 6) is -0.965. The van der Waals surface area contributed by atoms with Crippen molar-refractivity contribution in [2.24, 2.45) is 5.92 Å². The molecule has 1 aliphatic heterocycles. The van der Waals surface area contributed by atoms with Gasteiger partial charge in [-0.3, -0.25) is 4.79 Å². The Kier molecular flexibility index (Phi) is 6.17. The zero-order chi connectivity index (χ0) is 21.0. The summed E-state index contributed by atoms with van der Waals surface area (Å²) in [5, 5.41) is -1.46. The number of ether oxygens (including phenoxy) is 2. The second-order valence-electron chi connectivity index (χ2n) is 7.11. The predicted molar refractivity (Wildman–Crippen MR) is 108 cm³/mol. The van der Waals surface area contributed by atoms with E-state index in [1.54, 1.807) is 60.7 Å². The molecule has 0 saturated carbocycles. The maximum atomic E-state index is 13.3. The van der Waals surface area contributed by atoms with Crippen LogP contribution in [0.15, 0.2) is 66.4 Å². The molecule has 29 heavy (non-hydrogen) atoms. The van der Waals surface area contributed by atoms with E-state index in [2.05, 4.69) is 0 Å². The van der Waals surface area contributed by atoms with Gasteiger partial charge in [-0.15, -0.1) is 0 Å². The summed E-state index contributed by atoms with van der Waals surface area (Å²) < 4.78 is 36.7. The third-order valence-electron chi connectivity index (χ3n) is 4.50. The Bertz CT molecular complexity index is 1020. The number of sulfone groups is 1. The second kappa shape index (κ2) is 8.61. The maximum absolute atomic E-state index is 13.3. The normalized spacial score (nSPS) is 18.2. The Balaban J connectivity index is 2.00. The number of hydrogen-bond acceptors (Lipinski definition) is 6. The number of hydrogen-bond donors (Lipinski definition) is 0. The quantitative estimate of drug-likeness (QED) is 0.655. The van der Waals surface area contributed by atoms with Gasteiger partial charge < -0.3 is 9.47 Å². The van der Waals surface area contributed by atoms with Crippen LogP contribution in [0.3, 0.4) is 0 Å². The minimum atomic E-state index is -4.11. The minimum absolute atomic E-state index is 0.119. The highest BCUT2D eigenvalue weighted by atomic mass is 32.2. The molecule has 0 amide bonds. The molecule has 0 aliphatic carbocycles. The molecule has 1 aliphatic rings. The number of carbonyl (C=O) groups excluding carboxylic acids is 2. The van der Waals surface area contributed by atoms with Crippen molar-refractivity contribution >= 4 is 26.7 Å². The van der Waals surface area contributed by atoms with Crippen molar-refractivity contribution in [3.8, 4) is 0 Å². The summed E-state index contributed by atoms with van der Waals surface area (Å²) in [5.41, 5.74) is 0.599. The zero-order valence-electron chi connectivity index (χ0n) is 16.2. The molecule has 0 saturated heterocycles. The average molecular weight is 414 g/mol. The first-order valence-electron chi connectivity index (χ1n) is 9.29. The van der Waals surface area contributed by atoms with Gasteiger partial charge in [0.25, 0.3) is 0 Å². The lowest BCUT2D eigenvalue weighted by atomic mass is 10.1. The van der Waals surface area contributed by atoms with E-state index in [0.717, 1.165) is 0 Å². The van der Waals surface area contributed by atoms with E-state index in [-0.39, 0.29) is 17.1 Å². The Hall–Kier alpha value is -2.93. The summed E-state index contributed by atoms with van der Waals surface area (Å²) in [6.07, 6.45) is -0.468. The molecule has 3 rings (SSSR count). The molecule has 1 unspecified atom stereocenters. The van der Waals surface area contributed by atoms with Crippen molar-refractivity contribution in [1.82, 2.24) is 0 Å². The highest BCUT2D eigenvalue weighted by Crippen LogP contribution is 2.44. The van der Waals surface area contributed by atoms with E-state index < -0.39 is 32.8 Å². The number of Topliss-reactive ketones (excluding diaryl/α,β-unsaturated/α-hetero) is 1. The Morgan fingerprint density at radius 1 is 1.00 bits per heavy atom. The van der Waals surface area contributed by atoms with Crippen LogP contribution in [0.5, 0.6) is 0 Å². The lowest BCUT2D eigenvalue weighted by Gasteiger charge is -2.10. The number of carbonyl (C=O) groups is 2. The van der Waals surface area contributed by atoms with Crippen LogP contribution in [0.25, 0.3) is 4.91 Å². The maximum Gasteiger partial charge on any atom is 0.514 e. The molecule has 0 N–H and O–H groups in total. The monoisotopic (exact) mass is 414 g/mol. The average Bonchev–Trinajstić information content (AvgIpc) is 2.87. The van der Waals surface area contributed by atoms with Gasteiger partial charge in [-0.25, -0.2) is 13.2 Å². The molecule has 1 heterocycles. The van der Waals surface area contributed by atoms with Crippen molar-refractivity contribution in [2.45, 2.75) is 25.5 Å². The van der Waals surface area contributed by atoms with Gasteiger partial charge in [0.1, 0.15) is 4.91 Å². The topological polar surface area (TPSA) is 86.7 Å². The van der Waals surface area contributed by atoms with Gasteiger partial charge in [-0.2, -0.15) is 0 Å². The fourth-order valence-corrected chi connectivity index (χ4v) is 5.05. The standard InChI is InChI=1S/C22H22O6S/c1-15(2)13-14-27-22(24)28-19-18(23)20(16-9-5-3-6-10-16)29(25,26)21(19)17-11-7-4-8-12-17/h3-12,15,20H,13-14H2,1-2H3. The number of allylic oxidation sites excluding steroid dienone is 1. The van der Waals surface area contributed by atoms with Gasteiger partial charge in [0.05, 0.1) is 6.61 Å². The van der Waals surface area contributed by atoms with E-state index in [1.807, 2.05) is 13.8 Å². The lowest BCUT2D eigenvalue weighted by molar-refractivity contribution is -0.117. The fraction of sp³-hybridized carbons (Fsp3) is 0.273. The predicted octanol–water partition coefficient (Wildman–Crippen LogP) is 4.29. The minimum Gasteiger partial charge on any atom is -0.434 e. The molecule has 2 aromatic rings. The molecule has 1 atom stereocenters. The van der Waals surface area contributed by atoms with E-state index in [1.165, 1.54) is 0 Å². The van der Waals surface area contributed by atoms with Gasteiger partial charge in [0.2, 0.25) is 5.78 Å². The zero-order valence-corrected chi connectivity index (χ0v) is 17.0. The molecule has 0 bridgehead atoms. The van der Waals surface area contributed by atoms with E-state index in [4.69, 9.17) is 9.47 Å². The van der Waals surface area contributed by atoms with E-state index in [9.17, 15) is 18.0 Å². The van der Waals surface area contributed by atoms with Crippen molar-refractivity contribution < 1.29 is 27.5 Å². The number of ketones is 1. The van der Waals surface area contributed by atoms with Crippen LogP contribution in [0, 0.1) is 5.92 Å². The van der Waals surface area contributed by atoms with Crippen molar-refractivity contribution in [2.75, 3.05) is 6.61 Å².